The average Bonchev–Trinajstić information content (AvgIpc) is 2.81. The Labute approximate surface area is 104 Å². The Morgan fingerprint density at radius 3 is 2.78 bits per heavy atom. The van der Waals surface area contributed by atoms with E-state index in [0.29, 0.717) is 11.7 Å². The van der Waals surface area contributed by atoms with Crippen LogP contribution in [-0.4, -0.2) is 26.8 Å². The molecule has 0 radical (unpaired) electrons. The van der Waals surface area contributed by atoms with Crippen LogP contribution in [0.5, 0.6) is 11.6 Å². The summed E-state index contributed by atoms with van der Waals surface area (Å²) in [6.45, 7) is 3.97. The van der Waals surface area contributed by atoms with Gasteiger partial charge in [-0.15, -0.1) is 0 Å². The Bertz CT molecular complexity index is 540. The van der Waals surface area contributed by atoms with Crippen molar-refractivity contribution < 1.29 is 9.13 Å². The van der Waals surface area contributed by atoms with E-state index in [9.17, 15) is 4.39 Å². The largest absolute Gasteiger partial charge is 0.433 e. The van der Waals surface area contributed by atoms with Crippen LogP contribution in [0, 0.1) is 5.82 Å². The van der Waals surface area contributed by atoms with Gasteiger partial charge in [0.05, 0.1) is 18.6 Å². The molecular formula is C11H14FN5O. The van der Waals surface area contributed by atoms with Gasteiger partial charge in [0.1, 0.15) is 0 Å². The quantitative estimate of drug-likeness (QED) is 0.902. The molecule has 0 bridgehead atoms. The molecule has 1 N–H and O–H groups in total. The van der Waals surface area contributed by atoms with E-state index in [4.69, 9.17) is 4.74 Å². The first-order valence-corrected chi connectivity index (χ1v) is 5.52. The fourth-order valence-corrected chi connectivity index (χ4v) is 1.31. The predicted molar refractivity (Wildman–Crippen MR) is 64.2 cm³/mol. The first-order chi connectivity index (χ1) is 8.60. The van der Waals surface area contributed by atoms with Crippen molar-refractivity contribution in [3.63, 3.8) is 0 Å². The normalized spacial score (nSPS) is 10.7. The summed E-state index contributed by atoms with van der Waals surface area (Å²) < 4.78 is 20.5. The summed E-state index contributed by atoms with van der Waals surface area (Å²) in [4.78, 5) is 7.62. The van der Waals surface area contributed by atoms with Crippen LogP contribution < -0.4 is 10.1 Å². The zero-order valence-corrected chi connectivity index (χ0v) is 10.4. The summed E-state index contributed by atoms with van der Waals surface area (Å²) >= 11 is 0. The summed E-state index contributed by atoms with van der Waals surface area (Å²) in [6.07, 6.45) is 4.26. The lowest BCUT2D eigenvalue weighted by Crippen LogP contribution is -2.01. The third kappa shape index (κ3) is 2.55. The lowest BCUT2D eigenvalue weighted by Gasteiger charge is -2.05. The van der Waals surface area contributed by atoms with Gasteiger partial charge in [-0.25, -0.2) is 4.98 Å². The van der Waals surface area contributed by atoms with Crippen LogP contribution in [0.1, 0.15) is 19.9 Å². The highest BCUT2D eigenvalue weighted by Gasteiger charge is 2.10. The lowest BCUT2D eigenvalue weighted by atomic mass is 10.4. The molecule has 2 rings (SSSR count). The van der Waals surface area contributed by atoms with Gasteiger partial charge in [0.2, 0.25) is 11.8 Å². The van der Waals surface area contributed by atoms with E-state index in [1.165, 1.54) is 6.20 Å². The van der Waals surface area contributed by atoms with Gasteiger partial charge in [0.15, 0.2) is 5.75 Å². The molecule has 18 heavy (non-hydrogen) atoms. The third-order valence-electron chi connectivity index (χ3n) is 2.26. The molecule has 0 atom stereocenters. The molecule has 7 heteroatoms. The number of hydrogen-bond donors (Lipinski definition) is 1. The van der Waals surface area contributed by atoms with E-state index in [2.05, 4.69) is 20.4 Å². The second kappa shape index (κ2) is 4.99. The number of nitrogens with zero attached hydrogens (tertiary/aromatic N) is 4. The second-order valence-electron chi connectivity index (χ2n) is 3.95. The first kappa shape index (κ1) is 12.3. The van der Waals surface area contributed by atoms with Crippen molar-refractivity contribution in [3.8, 4) is 11.6 Å². The standard InChI is InChI=1S/C11H14FN5O/c1-7(2)17-6-8(4-15-17)18-10-9(12)5-14-11(13-3)16-10/h4-7H,1-3H3,(H,13,14,16). The molecule has 0 aromatic carbocycles. The van der Waals surface area contributed by atoms with E-state index in [-0.39, 0.29) is 11.9 Å². The van der Waals surface area contributed by atoms with Gasteiger partial charge in [-0.2, -0.15) is 14.5 Å². The number of halogens is 1. The molecule has 6 nitrogen and oxygen atoms in total. The van der Waals surface area contributed by atoms with Gasteiger partial charge >= 0.3 is 0 Å². The zero-order chi connectivity index (χ0) is 13.1. The minimum atomic E-state index is -0.619. The molecule has 0 aliphatic heterocycles. The number of nitrogens with one attached hydrogen (secondary N) is 1. The summed E-state index contributed by atoms with van der Waals surface area (Å²) in [7, 11) is 1.65. The summed E-state index contributed by atoms with van der Waals surface area (Å²) in [5.41, 5.74) is 0. The van der Waals surface area contributed by atoms with Crippen molar-refractivity contribution in [2.24, 2.45) is 0 Å². The van der Waals surface area contributed by atoms with Gasteiger partial charge in [0.25, 0.3) is 5.88 Å². The van der Waals surface area contributed by atoms with Crippen molar-refractivity contribution in [3.05, 3.63) is 24.4 Å². The van der Waals surface area contributed by atoms with Crippen LogP contribution in [0.3, 0.4) is 0 Å². The number of aromatic nitrogens is 4. The van der Waals surface area contributed by atoms with Crippen LogP contribution >= 0.6 is 0 Å². The summed E-state index contributed by atoms with van der Waals surface area (Å²) in [6, 6.07) is 0.213. The van der Waals surface area contributed by atoms with Crippen molar-refractivity contribution in [1.82, 2.24) is 19.7 Å². The fraction of sp³-hybridized carbons (Fsp3) is 0.364. The highest BCUT2D eigenvalue weighted by molar-refractivity contribution is 5.30. The topological polar surface area (TPSA) is 64.9 Å². The first-order valence-electron chi connectivity index (χ1n) is 5.52. The smallest absolute Gasteiger partial charge is 0.260 e. The molecule has 2 aromatic rings. The molecule has 2 aromatic heterocycles. The molecule has 96 valence electrons. The molecule has 0 spiro atoms. The van der Waals surface area contributed by atoms with Gasteiger partial charge < -0.3 is 10.1 Å². The van der Waals surface area contributed by atoms with Gasteiger partial charge in [-0.05, 0) is 13.8 Å². The summed E-state index contributed by atoms with van der Waals surface area (Å²) in [5.74, 6) is -0.0186. The SMILES string of the molecule is CNc1ncc(F)c(Oc2cnn(C(C)C)c2)n1. The molecule has 0 fully saturated rings. The molecule has 0 saturated carbocycles. The van der Waals surface area contributed by atoms with E-state index >= 15 is 0 Å². The number of hydrogen-bond acceptors (Lipinski definition) is 5. The lowest BCUT2D eigenvalue weighted by molar-refractivity contribution is 0.419. The molecule has 0 saturated heterocycles. The Morgan fingerprint density at radius 1 is 1.39 bits per heavy atom. The van der Waals surface area contributed by atoms with E-state index in [1.54, 1.807) is 17.9 Å². The van der Waals surface area contributed by atoms with Crippen molar-refractivity contribution in [2.45, 2.75) is 19.9 Å². The molecule has 0 amide bonds. The molecule has 0 aliphatic rings. The third-order valence-corrected chi connectivity index (χ3v) is 2.26. The Hall–Kier alpha value is -2.18. The minimum absolute atomic E-state index is 0.127. The molecule has 0 unspecified atom stereocenters. The molecular weight excluding hydrogens is 237 g/mol. The Balaban J connectivity index is 2.22. The molecule has 2 heterocycles. The second-order valence-corrected chi connectivity index (χ2v) is 3.95. The van der Waals surface area contributed by atoms with Crippen LogP contribution in [0.15, 0.2) is 18.6 Å². The van der Waals surface area contributed by atoms with E-state index in [1.807, 2.05) is 13.8 Å². The monoisotopic (exact) mass is 251 g/mol. The highest BCUT2D eigenvalue weighted by Crippen LogP contribution is 2.23. The van der Waals surface area contributed by atoms with Gasteiger partial charge in [-0.3, -0.25) is 4.68 Å². The Kier molecular flexibility index (Phi) is 3.40. The van der Waals surface area contributed by atoms with E-state index < -0.39 is 5.82 Å². The molecule has 0 aliphatic carbocycles. The average molecular weight is 251 g/mol. The van der Waals surface area contributed by atoms with Crippen LogP contribution in [-0.2, 0) is 0 Å². The predicted octanol–water partition coefficient (Wildman–Crippen LogP) is 2.23. The van der Waals surface area contributed by atoms with Gasteiger partial charge in [-0.1, -0.05) is 0 Å². The fourth-order valence-electron chi connectivity index (χ4n) is 1.31. The minimum Gasteiger partial charge on any atom is -0.433 e. The van der Waals surface area contributed by atoms with Gasteiger partial charge in [0, 0.05) is 13.1 Å². The van der Waals surface area contributed by atoms with E-state index in [0.717, 1.165) is 6.20 Å². The highest BCUT2D eigenvalue weighted by atomic mass is 19.1. The van der Waals surface area contributed by atoms with Crippen molar-refractivity contribution in [2.75, 3.05) is 12.4 Å². The van der Waals surface area contributed by atoms with Crippen LogP contribution in [0.4, 0.5) is 10.3 Å². The van der Waals surface area contributed by atoms with Crippen molar-refractivity contribution in [1.29, 1.82) is 0 Å². The maximum absolute atomic E-state index is 13.5. The zero-order valence-electron chi connectivity index (χ0n) is 10.4. The number of rotatable bonds is 4. The van der Waals surface area contributed by atoms with Crippen LogP contribution in [0.2, 0.25) is 0 Å². The number of ether oxygens (including phenoxy) is 1. The maximum atomic E-state index is 13.5. The summed E-state index contributed by atoms with van der Waals surface area (Å²) in [5, 5.41) is 6.81. The van der Waals surface area contributed by atoms with Crippen molar-refractivity contribution >= 4 is 5.95 Å². The maximum Gasteiger partial charge on any atom is 0.260 e. The van der Waals surface area contributed by atoms with Crippen LogP contribution in [0.25, 0.3) is 0 Å². The Morgan fingerprint density at radius 2 is 2.17 bits per heavy atom. The number of anilines is 1.